The summed E-state index contributed by atoms with van der Waals surface area (Å²) < 4.78 is 0. The van der Waals surface area contributed by atoms with Gasteiger partial charge in [0.1, 0.15) is 5.75 Å². The first-order valence-corrected chi connectivity index (χ1v) is 9.31. The van der Waals surface area contributed by atoms with E-state index in [0.717, 1.165) is 50.3 Å². The van der Waals surface area contributed by atoms with Gasteiger partial charge in [-0.25, -0.2) is 0 Å². The number of para-hydroxylation sites is 2. The minimum atomic E-state index is 0.368. The van der Waals surface area contributed by atoms with Gasteiger partial charge < -0.3 is 20.2 Å². The van der Waals surface area contributed by atoms with Crippen molar-refractivity contribution in [3.05, 3.63) is 24.3 Å². The molecule has 1 aliphatic carbocycles. The monoisotopic (exact) mass is 330 g/mol. The van der Waals surface area contributed by atoms with Crippen LogP contribution in [0.4, 0.5) is 5.69 Å². The van der Waals surface area contributed by atoms with Gasteiger partial charge in [-0.3, -0.25) is 4.99 Å². The molecule has 0 aromatic heterocycles. The number of phenols is 1. The standard InChI is InChI=1S/C19H30N4O/c1-3-7-15-14-16(15)21-19(20-4-2)23-12-10-22(11-13-23)17-8-5-6-9-18(17)24/h5-6,8-9,15-16,24H,3-4,7,10-14H2,1-2H3,(H,20,21). The van der Waals surface area contributed by atoms with E-state index >= 15 is 0 Å². The van der Waals surface area contributed by atoms with E-state index in [1.165, 1.54) is 19.3 Å². The van der Waals surface area contributed by atoms with Crippen LogP contribution in [0.3, 0.4) is 0 Å². The number of anilines is 1. The number of piperazine rings is 1. The molecule has 2 aliphatic rings. The molecule has 1 saturated carbocycles. The van der Waals surface area contributed by atoms with Crippen LogP contribution >= 0.6 is 0 Å². The maximum atomic E-state index is 10.0. The molecule has 0 spiro atoms. The van der Waals surface area contributed by atoms with E-state index in [0.29, 0.717) is 11.8 Å². The van der Waals surface area contributed by atoms with Crippen LogP contribution in [0, 0.1) is 5.92 Å². The Bertz CT molecular complexity index is 566. The Morgan fingerprint density at radius 3 is 2.62 bits per heavy atom. The predicted molar refractivity (Wildman–Crippen MR) is 99.8 cm³/mol. The Hall–Kier alpha value is -1.91. The number of nitrogens with one attached hydrogen (secondary N) is 1. The summed E-state index contributed by atoms with van der Waals surface area (Å²) >= 11 is 0. The molecule has 1 heterocycles. The molecule has 2 atom stereocenters. The van der Waals surface area contributed by atoms with Crippen LogP contribution in [0.15, 0.2) is 29.3 Å². The number of aliphatic imine (C=N–C) groups is 1. The van der Waals surface area contributed by atoms with Crippen molar-refractivity contribution in [1.29, 1.82) is 0 Å². The molecule has 3 rings (SSSR count). The van der Waals surface area contributed by atoms with Gasteiger partial charge in [-0.2, -0.15) is 0 Å². The van der Waals surface area contributed by atoms with Crippen molar-refractivity contribution in [3.8, 4) is 5.75 Å². The number of aromatic hydroxyl groups is 1. The van der Waals surface area contributed by atoms with Gasteiger partial charge in [0.15, 0.2) is 5.96 Å². The molecule has 2 N–H and O–H groups in total. The van der Waals surface area contributed by atoms with Crippen LogP contribution in [-0.2, 0) is 0 Å². The first-order valence-electron chi connectivity index (χ1n) is 9.31. The lowest BCUT2D eigenvalue weighted by Gasteiger charge is -2.38. The maximum Gasteiger partial charge on any atom is 0.194 e. The Labute approximate surface area is 145 Å². The second kappa shape index (κ2) is 7.77. The number of hydrogen-bond donors (Lipinski definition) is 2. The van der Waals surface area contributed by atoms with E-state index < -0.39 is 0 Å². The number of phenolic OH excluding ortho intramolecular Hbond substituents is 1. The van der Waals surface area contributed by atoms with Crippen LogP contribution in [-0.4, -0.2) is 54.7 Å². The van der Waals surface area contributed by atoms with Crippen molar-refractivity contribution in [2.24, 2.45) is 10.9 Å². The Morgan fingerprint density at radius 1 is 1.21 bits per heavy atom. The molecule has 2 unspecified atom stereocenters. The zero-order valence-corrected chi connectivity index (χ0v) is 14.9. The van der Waals surface area contributed by atoms with Crippen molar-refractivity contribution in [2.45, 2.75) is 39.2 Å². The zero-order valence-electron chi connectivity index (χ0n) is 14.9. The summed E-state index contributed by atoms with van der Waals surface area (Å²) in [5.74, 6) is 2.27. The van der Waals surface area contributed by atoms with Gasteiger partial charge in [-0.15, -0.1) is 0 Å². The molecule has 5 heteroatoms. The third-order valence-electron chi connectivity index (χ3n) is 5.01. The quantitative estimate of drug-likeness (QED) is 0.644. The summed E-state index contributed by atoms with van der Waals surface area (Å²) in [6.07, 6.45) is 3.87. The van der Waals surface area contributed by atoms with E-state index in [1.54, 1.807) is 6.07 Å². The summed E-state index contributed by atoms with van der Waals surface area (Å²) in [5.41, 5.74) is 0.935. The fourth-order valence-electron chi connectivity index (χ4n) is 3.56. The maximum absolute atomic E-state index is 10.0. The fraction of sp³-hybridized carbons (Fsp3) is 0.632. The number of benzene rings is 1. The number of rotatable bonds is 5. The molecule has 132 valence electrons. The number of guanidine groups is 1. The van der Waals surface area contributed by atoms with Crippen LogP contribution in [0.2, 0.25) is 0 Å². The molecule has 1 saturated heterocycles. The minimum absolute atomic E-state index is 0.368. The minimum Gasteiger partial charge on any atom is -0.506 e. The Kier molecular flexibility index (Phi) is 5.48. The first kappa shape index (κ1) is 16.9. The molecule has 1 aliphatic heterocycles. The molecular formula is C19H30N4O. The van der Waals surface area contributed by atoms with E-state index in [1.807, 2.05) is 18.2 Å². The molecule has 0 bridgehead atoms. The van der Waals surface area contributed by atoms with Gasteiger partial charge in [-0.05, 0) is 37.8 Å². The first-order chi connectivity index (χ1) is 11.7. The Balaban J connectivity index is 1.56. The second-order valence-corrected chi connectivity index (χ2v) is 6.80. The summed E-state index contributed by atoms with van der Waals surface area (Å²) in [4.78, 5) is 9.32. The molecule has 2 fully saturated rings. The van der Waals surface area contributed by atoms with Gasteiger partial charge in [0.25, 0.3) is 0 Å². The van der Waals surface area contributed by atoms with Crippen LogP contribution in [0.25, 0.3) is 0 Å². The lowest BCUT2D eigenvalue weighted by molar-refractivity contribution is 0.368. The number of nitrogens with zero attached hydrogens (tertiary/aromatic N) is 3. The van der Waals surface area contributed by atoms with Gasteiger partial charge >= 0.3 is 0 Å². The molecule has 1 aromatic carbocycles. The third-order valence-corrected chi connectivity index (χ3v) is 5.01. The lowest BCUT2D eigenvalue weighted by atomic mass is 10.2. The molecular weight excluding hydrogens is 300 g/mol. The normalized spacial score (nSPS) is 24.2. The zero-order chi connectivity index (χ0) is 16.9. The van der Waals surface area contributed by atoms with Gasteiger partial charge in [0, 0.05) is 38.8 Å². The van der Waals surface area contributed by atoms with Crippen molar-refractivity contribution in [3.63, 3.8) is 0 Å². The molecule has 1 aromatic rings. The highest BCUT2D eigenvalue weighted by molar-refractivity contribution is 5.81. The molecule has 0 radical (unpaired) electrons. The average molecular weight is 330 g/mol. The van der Waals surface area contributed by atoms with Crippen LogP contribution < -0.4 is 10.2 Å². The van der Waals surface area contributed by atoms with Crippen molar-refractivity contribution >= 4 is 11.6 Å². The fourth-order valence-corrected chi connectivity index (χ4v) is 3.56. The Morgan fingerprint density at radius 2 is 1.96 bits per heavy atom. The molecule has 5 nitrogen and oxygen atoms in total. The molecule has 24 heavy (non-hydrogen) atoms. The van der Waals surface area contributed by atoms with E-state index in [-0.39, 0.29) is 0 Å². The van der Waals surface area contributed by atoms with Gasteiger partial charge in [0.05, 0.1) is 5.69 Å². The van der Waals surface area contributed by atoms with Crippen molar-refractivity contribution in [1.82, 2.24) is 10.2 Å². The highest BCUT2D eigenvalue weighted by Gasteiger charge is 2.37. The van der Waals surface area contributed by atoms with Gasteiger partial charge in [0.2, 0.25) is 0 Å². The smallest absolute Gasteiger partial charge is 0.194 e. The highest BCUT2D eigenvalue weighted by atomic mass is 16.3. The third kappa shape index (κ3) is 3.94. The van der Waals surface area contributed by atoms with Gasteiger partial charge in [-0.1, -0.05) is 25.5 Å². The van der Waals surface area contributed by atoms with E-state index in [4.69, 9.17) is 4.99 Å². The van der Waals surface area contributed by atoms with Crippen molar-refractivity contribution in [2.75, 3.05) is 37.6 Å². The van der Waals surface area contributed by atoms with Crippen molar-refractivity contribution < 1.29 is 5.11 Å². The summed E-state index contributed by atoms with van der Waals surface area (Å²) in [5, 5.41) is 13.7. The number of hydrogen-bond acceptors (Lipinski definition) is 3. The van der Waals surface area contributed by atoms with Crippen LogP contribution in [0.5, 0.6) is 5.75 Å². The van der Waals surface area contributed by atoms with Crippen LogP contribution in [0.1, 0.15) is 33.1 Å². The summed E-state index contributed by atoms with van der Waals surface area (Å²) in [6.45, 7) is 8.85. The van der Waals surface area contributed by atoms with E-state index in [2.05, 4.69) is 29.0 Å². The molecule has 0 amide bonds. The summed E-state index contributed by atoms with van der Waals surface area (Å²) in [7, 11) is 0. The largest absolute Gasteiger partial charge is 0.506 e. The topological polar surface area (TPSA) is 51.1 Å². The highest BCUT2D eigenvalue weighted by Crippen LogP contribution is 2.34. The lowest BCUT2D eigenvalue weighted by Crippen LogP contribution is -2.53. The second-order valence-electron chi connectivity index (χ2n) is 6.80. The predicted octanol–water partition coefficient (Wildman–Crippen LogP) is 2.67. The SMILES string of the molecule is CCCC1CC1NC(=NCC)N1CCN(c2ccccc2O)CC1. The average Bonchev–Trinajstić information content (AvgIpc) is 3.33. The summed E-state index contributed by atoms with van der Waals surface area (Å²) in [6, 6.07) is 8.21. The van der Waals surface area contributed by atoms with E-state index in [9.17, 15) is 5.11 Å².